The molecule has 0 aromatic heterocycles. The lowest BCUT2D eigenvalue weighted by Gasteiger charge is -2.26. The summed E-state index contributed by atoms with van der Waals surface area (Å²) < 4.78 is 0. The molecule has 0 saturated heterocycles. The molecule has 0 aromatic carbocycles. The summed E-state index contributed by atoms with van der Waals surface area (Å²) in [6.45, 7) is -1.16. The first-order valence-corrected chi connectivity index (χ1v) is 14.0. The van der Waals surface area contributed by atoms with Crippen molar-refractivity contribution in [2.75, 3.05) is 32.8 Å². The Hall–Kier alpha value is -4.27. The highest BCUT2D eigenvalue weighted by atomic mass is 16.4. The molecule has 0 aliphatic rings. The molecule has 4 amide bonds. The molecule has 0 heterocycles. The van der Waals surface area contributed by atoms with Crippen molar-refractivity contribution in [2.24, 2.45) is 44.4 Å². The van der Waals surface area contributed by atoms with Gasteiger partial charge in [-0.25, -0.2) is 4.79 Å². The number of guanidine groups is 2. The van der Waals surface area contributed by atoms with Crippen LogP contribution in [0.5, 0.6) is 0 Å². The van der Waals surface area contributed by atoms with Crippen LogP contribution in [0.1, 0.15) is 44.9 Å². The van der Waals surface area contributed by atoms with Crippen molar-refractivity contribution in [3.63, 3.8) is 0 Å². The number of carbonyl (C=O) groups is 5. The molecule has 0 saturated carbocycles. The Morgan fingerprint density at radius 1 is 0.591 bits per heavy atom. The van der Waals surface area contributed by atoms with Crippen LogP contribution in [-0.2, 0) is 24.0 Å². The summed E-state index contributed by atoms with van der Waals surface area (Å²) in [6, 6.07) is -6.68. The van der Waals surface area contributed by atoms with Gasteiger partial charge >= 0.3 is 5.97 Å². The minimum absolute atomic E-state index is 0.0611. The Bertz CT molecular complexity index is 988. The van der Waals surface area contributed by atoms with Gasteiger partial charge in [-0.1, -0.05) is 0 Å². The molecule has 0 radical (unpaired) electrons. The normalized spacial score (nSPS) is 14.1. The number of unbranched alkanes of at least 4 members (excludes halogenated alkanes) is 1. The van der Waals surface area contributed by atoms with E-state index in [0.29, 0.717) is 25.8 Å². The van der Waals surface area contributed by atoms with Gasteiger partial charge in [0.2, 0.25) is 23.6 Å². The highest BCUT2D eigenvalue weighted by molar-refractivity contribution is 5.95. The van der Waals surface area contributed by atoms with E-state index in [1.54, 1.807) is 0 Å². The maximum Gasteiger partial charge on any atom is 0.328 e. The summed E-state index contributed by atoms with van der Waals surface area (Å²) in [5, 5.41) is 37.2. The molecule has 0 aromatic rings. The number of rotatable bonds is 23. The zero-order valence-electron chi connectivity index (χ0n) is 24.6. The summed E-state index contributed by atoms with van der Waals surface area (Å²) in [5.74, 6) is -5.14. The Balaban J connectivity index is 5.73. The number of nitrogens with two attached hydrogens (primary N) is 6. The first-order chi connectivity index (χ1) is 20.8. The van der Waals surface area contributed by atoms with Crippen LogP contribution < -0.4 is 55.7 Å². The van der Waals surface area contributed by atoms with Gasteiger partial charge in [0.1, 0.15) is 24.2 Å². The van der Waals surface area contributed by atoms with Crippen LogP contribution in [0, 0.1) is 0 Å². The fraction of sp³-hybridized carbons (Fsp3) is 0.708. The number of amides is 4. The zero-order valence-corrected chi connectivity index (χ0v) is 24.6. The second-order valence-electron chi connectivity index (χ2n) is 9.74. The van der Waals surface area contributed by atoms with E-state index in [4.69, 9.17) is 44.6 Å². The number of nitrogens with zero attached hydrogens (tertiary/aromatic N) is 2. The number of hydrogen-bond acceptors (Lipinski definition) is 11. The van der Waals surface area contributed by atoms with Gasteiger partial charge in [-0.05, 0) is 51.5 Å². The molecule has 20 nitrogen and oxygen atoms in total. The maximum absolute atomic E-state index is 13.3. The number of hydrogen-bond donors (Lipinski definition) is 13. The number of aliphatic hydroxyl groups is 2. The van der Waals surface area contributed by atoms with Gasteiger partial charge in [-0.2, -0.15) is 0 Å². The van der Waals surface area contributed by atoms with E-state index in [-0.39, 0.29) is 50.7 Å². The average molecular weight is 633 g/mol. The Kier molecular flexibility index (Phi) is 20.1. The van der Waals surface area contributed by atoms with Gasteiger partial charge in [0.15, 0.2) is 11.9 Å². The Morgan fingerprint density at radius 3 is 1.45 bits per heavy atom. The van der Waals surface area contributed by atoms with Gasteiger partial charge < -0.3 is 71.0 Å². The van der Waals surface area contributed by atoms with E-state index in [1.807, 2.05) is 5.32 Å². The molecule has 5 atom stereocenters. The monoisotopic (exact) mass is 632 g/mol. The van der Waals surface area contributed by atoms with E-state index in [1.165, 1.54) is 0 Å². The Morgan fingerprint density at radius 2 is 1.00 bits per heavy atom. The van der Waals surface area contributed by atoms with Crippen LogP contribution in [0.25, 0.3) is 0 Å². The summed E-state index contributed by atoms with van der Waals surface area (Å²) in [5.41, 5.74) is 32.8. The molecular weight excluding hydrogens is 584 g/mol. The molecule has 0 rings (SSSR count). The number of carboxylic acid groups (broad SMARTS) is 1. The molecule has 0 spiro atoms. The molecule has 44 heavy (non-hydrogen) atoms. The summed E-state index contributed by atoms with van der Waals surface area (Å²) in [4.78, 5) is 70.5. The van der Waals surface area contributed by atoms with Crippen LogP contribution in [0.15, 0.2) is 9.98 Å². The SMILES string of the molecule is NCCCC[C@H](NC(=O)[C@H](CCCN=C(N)N)NC(=O)[C@@H](N)CCCN=C(N)N)C(=O)N[C@@H](CO)C(=O)N[C@@H](CO)C(=O)O. The van der Waals surface area contributed by atoms with E-state index in [2.05, 4.69) is 25.9 Å². The van der Waals surface area contributed by atoms with Crippen LogP contribution >= 0.6 is 0 Å². The first kappa shape index (κ1) is 39.7. The third-order valence-electron chi connectivity index (χ3n) is 6.08. The van der Waals surface area contributed by atoms with Gasteiger partial charge in [0, 0.05) is 13.1 Å². The van der Waals surface area contributed by atoms with E-state index in [0.717, 1.165) is 0 Å². The second kappa shape index (κ2) is 22.3. The smallest absolute Gasteiger partial charge is 0.328 e. The van der Waals surface area contributed by atoms with Crippen molar-refractivity contribution in [3.05, 3.63) is 0 Å². The van der Waals surface area contributed by atoms with Crippen molar-refractivity contribution in [1.29, 1.82) is 0 Å². The molecule has 0 aliphatic carbocycles. The average Bonchev–Trinajstić information content (AvgIpc) is 2.96. The molecule has 0 aliphatic heterocycles. The second-order valence-corrected chi connectivity index (χ2v) is 9.74. The molecule has 0 bridgehead atoms. The minimum atomic E-state index is -1.67. The predicted octanol–water partition coefficient (Wildman–Crippen LogP) is -6.44. The zero-order chi connectivity index (χ0) is 33.7. The highest BCUT2D eigenvalue weighted by Crippen LogP contribution is 2.06. The lowest BCUT2D eigenvalue weighted by Crippen LogP contribution is -2.59. The molecule has 252 valence electrons. The van der Waals surface area contributed by atoms with Crippen molar-refractivity contribution in [1.82, 2.24) is 21.3 Å². The fourth-order valence-corrected chi connectivity index (χ4v) is 3.66. The summed E-state index contributed by atoms with van der Waals surface area (Å²) >= 11 is 0. The third-order valence-corrected chi connectivity index (χ3v) is 6.08. The van der Waals surface area contributed by atoms with Crippen LogP contribution in [0.3, 0.4) is 0 Å². The van der Waals surface area contributed by atoms with E-state index < -0.39 is 73.0 Å². The lowest BCUT2D eigenvalue weighted by molar-refractivity contribution is -0.143. The van der Waals surface area contributed by atoms with Gasteiger partial charge in [-0.3, -0.25) is 29.2 Å². The topological polar surface area (TPSA) is 375 Å². The van der Waals surface area contributed by atoms with Gasteiger partial charge in [0.25, 0.3) is 0 Å². The quantitative estimate of drug-likeness (QED) is 0.0283. The summed E-state index contributed by atoms with van der Waals surface area (Å²) in [6.07, 6.45) is 1.88. The maximum atomic E-state index is 13.3. The van der Waals surface area contributed by atoms with Crippen molar-refractivity contribution in [3.8, 4) is 0 Å². The molecule has 20 heteroatoms. The lowest BCUT2D eigenvalue weighted by atomic mass is 10.0. The largest absolute Gasteiger partial charge is 0.480 e. The molecule has 0 fully saturated rings. The first-order valence-electron chi connectivity index (χ1n) is 14.0. The van der Waals surface area contributed by atoms with Gasteiger partial charge in [-0.15, -0.1) is 0 Å². The molecular formula is C24H48N12O8. The number of aliphatic imine (C=N–C) groups is 2. The van der Waals surface area contributed by atoms with Gasteiger partial charge in [0.05, 0.1) is 19.3 Å². The number of aliphatic hydroxyl groups excluding tert-OH is 2. The minimum Gasteiger partial charge on any atom is -0.480 e. The number of carboxylic acids is 1. The van der Waals surface area contributed by atoms with Crippen LogP contribution in [0.2, 0.25) is 0 Å². The van der Waals surface area contributed by atoms with E-state index >= 15 is 0 Å². The molecule has 19 N–H and O–H groups in total. The number of nitrogens with one attached hydrogen (secondary N) is 4. The predicted molar refractivity (Wildman–Crippen MR) is 160 cm³/mol. The highest BCUT2D eigenvalue weighted by Gasteiger charge is 2.31. The molecule has 0 unspecified atom stereocenters. The van der Waals surface area contributed by atoms with Crippen molar-refractivity contribution in [2.45, 2.75) is 75.2 Å². The van der Waals surface area contributed by atoms with E-state index in [9.17, 15) is 29.1 Å². The Labute approximate surface area is 254 Å². The van der Waals surface area contributed by atoms with Crippen LogP contribution in [-0.4, -0.2) is 120 Å². The van der Waals surface area contributed by atoms with Crippen molar-refractivity contribution >= 4 is 41.5 Å². The van der Waals surface area contributed by atoms with Crippen molar-refractivity contribution < 1.29 is 39.3 Å². The fourth-order valence-electron chi connectivity index (χ4n) is 3.66. The third kappa shape index (κ3) is 17.0. The van der Waals surface area contributed by atoms with Crippen LogP contribution in [0.4, 0.5) is 0 Å². The summed E-state index contributed by atoms with van der Waals surface area (Å²) in [7, 11) is 0. The number of aliphatic carboxylic acids is 1. The number of carbonyl (C=O) groups excluding carboxylic acids is 4. The standard InChI is InChI=1S/C24H48N12O8/c25-8-2-1-6-14(20(41)35-16(11-37)21(42)36-17(12-38)22(43)44)34-19(40)15(7-4-10-32-24(29)30)33-18(39)13(26)5-3-9-31-23(27)28/h13-17,37-38H,1-12,25-26H2,(H,33,39)(H,34,40)(H,35,41)(H,36,42)(H,43,44)(H4,27,28,31)(H4,29,30,32)/t13-,14-,15-,16-,17-/m0/s1.